The van der Waals surface area contributed by atoms with Crippen molar-refractivity contribution in [1.29, 1.82) is 0 Å². The maximum atomic E-state index is 13.9. The number of hydrogen-bond donors (Lipinski definition) is 1. The van der Waals surface area contributed by atoms with Crippen LogP contribution in [0, 0.1) is 18.6 Å². The molecule has 1 aromatic heterocycles. The Morgan fingerprint density at radius 1 is 1.44 bits per heavy atom. The smallest absolute Gasteiger partial charge is 0.309 e. The second-order valence-electron chi connectivity index (χ2n) is 3.73. The first kappa shape index (κ1) is 12.2. The van der Waals surface area contributed by atoms with Crippen LogP contribution >= 0.6 is 0 Å². The molecule has 0 spiro atoms. The van der Waals surface area contributed by atoms with Gasteiger partial charge in [0.1, 0.15) is 5.69 Å². The maximum Gasteiger partial charge on any atom is 0.309 e. The molecule has 5 nitrogen and oxygen atoms in total. The van der Waals surface area contributed by atoms with Gasteiger partial charge in [0.05, 0.1) is 18.3 Å². The molecule has 0 unspecified atom stereocenters. The quantitative estimate of drug-likeness (QED) is 0.899. The molecular weight excluding hydrogens is 244 g/mol. The molecule has 0 saturated carbocycles. The Balaban J connectivity index is 2.59. The molecule has 0 radical (unpaired) electrons. The van der Waals surface area contributed by atoms with Gasteiger partial charge in [0, 0.05) is 0 Å². The number of halogens is 2. The number of nitrogens with zero attached hydrogens (tertiary/aromatic N) is 3. The van der Waals surface area contributed by atoms with E-state index in [1.807, 2.05) is 0 Å². The second kappa shape index (κ2) is 4.52. The van der Waals surface area contributed by atoms with E-state index < -0.39 is 29.7 Å². The Labute approximate surface area is 101 Å². The van der Waals surface area contributed by atoms with Crippen LogP contribution in [0.4, 0.5) is 8.78 Å². The Bertz CT molecular complexity index is 610. The molecule has 0 aliphatic carbocycles. The van der Waals surface area contributed by atoms with E-state index >= 15 is 0 Å². The van der Waals surface area contributed by atoms with Gasteiger partial charge in [0.25, 0.3) is 0 Å². The first-order valence-electron chi connectivity index (χ1n) is 5.07. The highest BCUT2D eigenvalue weighted by molar-refractivity contribution is 5.69. The molecule has 0 amide bonds. The lowest BCUT2D eigenvalue weighted by atomic mass is 10.2. The fourth-order valence-corrected chi connectivity index (χ4v) is 1.56. The Kier molecular flexibility index (Phi) is 3.05. The summed E-state index contributed by atoms with van der Waals surface area (Å²) in [5, 5.41) is 15.7. The fourth-order valence-electron chi connectivity index (χ4n) is 1.56. The first-order chi connectivity index (χ1) is 8.50. The van der Waals surface area contributed by atoms with Gasteiger partial charge in [-0.2, -0.15) is 0 Å². The van der Waals surface area contributed by atoms with Crippen molar-refractivity contribution >= 4 is 5.97 Å². The third-order valence-corrected chi connectivity index (χ3v) is 2.42. The SMILES string of the molecule is Cc1ccc(F)c(-n2nncc2CC(=O)O)c1F. The summed E-state index contributed by atoms with van der Waals surface area (Å²) in [4.78, 5) is 10.6. The normalized spacial score (nSPS) is 10.6. The van der Waals surface area contributed by atoms with Crippen LogP contribution in [-0.2, 0) is 11.2 Å². The zero-order chi connectivity index (χ0) is 13.3. The largest absolute Gasteiger partial charge is 0.481 e. The number of benzene rings is 1. The second-order valence-corrected chi connectivity index (χ2v) is 3.73. The third kappa shape index (κ3) is 2.06. The van der Waals surface area contributed by atoms with Gasteiger partial charge < -0.3 is 5.11 Å². The predicted octanol–water partition coefficient (Wildman–Crippen LogP) is 1.48. The van der Waals surface area contributed by atoms with Gasteiger partial charge in [0.2, 0.25) is 0 Å². The van der Waals surface area contributed by atoms with Gasteiger partial charge in [0.15, 0.2) is 11.6 Å². The van der Waals surface area contributed by atoms with E-state index in [1.54, 1.807) is 0 Å². The minimum absolute atomic E-state index is 0.103. The Morgan fingerprint density at radius 2 is 2.17 bits per heavy atom. The van der Waals surface area contributed by atoms with Crippen LogP contribution in [-0.4, -0.2) is 26.1 Å². The van der Waals surface area contributed by atoms with E-state index in [1.165, 1.54) is 13.0 Å². The molecule has 0 atom stereocenters. The first-order valence-corrected chi connectivity index (χ1v) is 5.07. The molecule has 94 valence electrons. The average Bonchev–Trinajstić information content (AvgIpc) is 2.72. The summed E-state index contributed by atoms with van der Waals surface area (Å²) in [6, 6.07) is 2.39. The fraction of sp³-hybridized carbons (Fsp3) is 0.182. The summed E-state index contributed by atoms with van der Waals surface area (Å²) < 4.78 is 28.4. The molecule has 1 aromatic carbocycles. The molecule has 0 saturated heterocycles. The van der Waals surface area contributed by atoms with Crippen LogP contribution < -0.4 is 0 Å². The van der Waals surface area contributed by atoms with Crippen molar-refractivity contribution < 1.29 is 18.7 Å². The molecule has 0 aliphatic rings. The summed E-state index contributed by atoms with van der Waals surface area (Å²) in [6.07, 6.45) is 0.745. The van der Waals surface area contributed by atoms with Crippen LogP contribution in [0.3, 0.4) is 0 Å². The van der Waals surface area contributed by atoms with Gasteiger partial charge in [-0.3, -0.25) is 4.79 Å². The average molecular weight is 253 g/mol. The Hall–Kier alpha value is -2.31. The van der Waals surface area contributed by atoms with Crippen molar-refractivity contribution in [3.63, 3.8) is 0 Å². The van der Waals surface area contributed by atoms with Gasteiger partial charge in [-0.25, -0.2) is 13.5 Å². The van der Waals surface area contributed by atoms with Gasteiger partial charge in [-0.05, 0) is 18.6 Å². The van der Waals surface area contributed by atoms with E-state index in [4.69, 9.17) is 5.11 Å². The molecule has 1 heterocycles. The number of rotatable bonds is 3. The molecule has 2 rings (SSSR count). The highest BCUT2D eigenvalue weighted by atomic mass is 19.1. The lowest BCUT2D eigenvalue weighted by Gasteiger charge is -2.08. The van der Waals surface area contributed by atoms with E-state index in [0.717, 1.165) is 16.9 Å². The Morgan fingerprint density at radius 3 is 2.83 bits per heavy atom. The third-order valence-electron chi connectivity index (χ3n) is 2.42. The van der Waals surface area contributed by atoms with E-state index in [9.17, 15) is 13.6 Å². The molecule has 0 fully saturated rings. The van der Waals surface area contributed by atoms with Crippen molar-refractivity contribution in [3.05, 3.63) is 41.2 Å². The summed E-state index contributed by atoms with van der Waals surface area (Å²) in [6.45, 7) is 1.48. The van der Waals surface area contributed by atoms with Crippen LogP contribution in [0.2, 0.25) is 0 Å². The molecule has 0 aliphatic heterocycles. The number of carboxylic acids is 1. The number of hydrogen-bond acceptors (Lipinski definition) is 3. The monoisotopic (exact) mass is 253 g/mol. The van der Waals surface area contributed by atoms with Gasteiger partial charge in [-0.15, -0.1) is 5.10 Å². The number of carbonyl (C=O) groups is 1. The van der Waals surface area contributed by atoms with Gasteiger partial charge in [-0.1, -0.05) is 11.3 Å². The molecule has 2 aromatic rings. The minimum Gasteiger partial charge on any atom is -0.481 e. The van der Waals surface area contributed by atoms with Crippen LogP contribution in [0.25, 0.3) is 5.69 Å². The lowest BCUT2D eigenvalue weighted by molar-refractivity contribution is -0.136. The summed E-state index contributed by atoms with van der Waals surface area (Å²) >= 11 is 0. The van der Waals surface area contributed by atoms with Crippen LogP contribution in [0.5, 0.6) is 0 Å². The topological polar surface area (TPSA) is 68.0 Å². The van der Waals surface area contributed by atoms with E-state index in [-0.39, 0.29) is 11.3 Å². The molecule has 18 heavy (non-hydrogen) atoms. The van der Waals surface area contributed by atoms with Crippen molar-refractivity contribution in [1.82, 2.24) is 15.0 Å². The molecule has 7 heteroatoms. The zero-order valence-corrected chi connectivity index (χ0v) is 9.39. The van der Waals surface area contributed by atoms with E-state index in [2.05, 4.69) is 10.3 Å². The van der Waals surface area contributed by atoms with Crippen molar-refractivity contribution in [2.45, 2.75) is 13.3 Å². The van der Waals surface area contributed by atoms with Crippen molar-refractivity contribution in [2.75, 3.05) is 0 Å². The number of aliphatic carboxylic acids is 1. The summed E-state index contributed by atoms with van der Waals surface area (Å²) in [5.41, 5.74) is -0.0715. The minimum atomic E-state index is -1.13. The van der Waals surface area contributed by atoms with Gasteiger partial charge >= 0.3 is 5.97 Å². The lowest BCUT2D eigenvalue weighted by Crippen LogP contribution is -2.11. The summed E-state index contributed by atoms with van der Waals surface area (Å²) in [5.74, 6) is -2.74. The van der Waals surface area contributed by atoms with Crippen LogP contribution in [0.1, 0.15) is 11.3 Å². The van der Waals surface area contributed by atoms with Crippen molar-refractivity contribution in [2.24, 2.45) is 0 Å². The molecular formula is C11H9F2N3O2. The number of aryl methyl sites for hydroxylation is 1. The van der Waals surface area contributed by atoms with E-state index in [0.29, 0.717) is 0 Å². The highest BCUT2D eigenvalue weighted by Gasteiger charge is 2.18. The number of carboxylic acid groups (broad SMARTS) is 1. The number of aromatic nitrogens is 3. The molecule has 1 N–H and O–H groups in total. The maximum absolute atomic E-state index is 13.9. The zero-order valence-electron chi connectivity index (χ0n) is 9.39. The predicted molar refractivity (Wildman–Crippen MR) is 57.4 cm³/mol. The van der Waals surface area contributed by atoms with Crippen molar-refractivity contribution in [3.8, 4) is 5.69 Å². The van der Waals surface area contributed by atoms with Crippen LogP contribution in [0.15, 0.2) is 18.3 Å². The summed E-state index contributed by atoms with van der Waals surface area (Å²) in [7, 11) is 0. The molecule has 0 bridgehead atoms. The standard InChI is InChI=1S/C11H9F2N3O2/c1-6-2-3-8(12)11(10(6)13)16-7(4-9(17)18)5-14-15-16/h2-3,5H,4H2,1H3,(H,17,18). The highest BCUT2D eigenvalue weighted by Crippen LogP contribution is 2.21.